The van der Waals surface area contributed by atoms with Gasteiger partial charge in [0.2, 0.25) is 0 Å². The minimum absolute atomic E-state index is 0.597. The van der Waals surface area contributed by atoms with Crippen molar-refractivity contribution in [3.05, 3.63) is 40.5 Å². The third-order valence-electron chi connectivity index (χ3n) is 2.07. The number of hydrogen-bond acceptors (Lipinski definition) is 2. The molecule has 0 aliphatic heterocycles. The Hall–Kier alpha value is -1.60. The normalized spacial score (nSPS) is 9.93. The molecule has 3 nitrogen and oxygen atoms in total. The molecule has 74 valence electrons. The van der Waals surface area contributed by atoms with Gasteiger partial charge in [-0.25, -0.2) is 0 Å². The molecule has 2 rings (SSSR count). The Kier molecular flexibility index (Phi) is 2.57. The Bertz CT molecular complexity index is 520. The Morgan fingerprint density at radius 2 is 2.00 bits per heavy atom. The van der Waals surface area contributed by atoms with Crippen molar-refractivity contribution in [2.75, 3.05) is 0 Å². The number of nitriles is 1. The summed E-state index contributed by atoms with van der Waals surface area (Å²) in [5.74, 6) is 0. The third-order valence-corrected chi connectivity index (χ3v) is 2.60. The summed E-state index contributed by atoms with van der Waals surface area (Å²) in [6, 6.07) is 9.88. The summed E-state index contributed by atoms with van der Waals surface area (Å²) in [6.07, 6.45) is 1.72. The Morgan fingerprint density at radius 1 is 1.33 bits per heavy atom. The fourth-order valence-electron chi connectivity index (χ4n) is 1.39. The third kappa shape index (κ3) is 1.92. The average molecular weight is 262 g/mol. The molecule has 4 heteroatoms. The first-order valence-electron chi connectivity index (χ1n) is 4.40. The van der Waals surface area contributed by atoms with Gasteiger partial charge in [0.1, 0.15) is 11.8 Å². The highest BCUT2D eigenvalue weighted by molar-refractivity contribution is 9.10. The van der Waals surface area contributed by atoms with Crippen molar-refractivity contribution < 1.29 is 0 Å². The second-order valence-electron chi connectivity index (χ2n) is 3.18. The van der Waals surface area contributed by atoms with Gasteiger partial charge in [0, 0.05) is 23.3 Å². The van der Waals surface area contributed by atoms with E-state index in [9.17, 15) is 0 Å². The molecular formula is C11H8BrN3. The van der Waals surface area contributed by atoms with E-state index in [4.69, 9.17) is 5.26 Å². The lowest BCUT2D eigenvalue weighted by molar-refractivity contribution is 0.770. The molecule has 0 aliphatic carbocycles. The fourth-order valence-corrected chi connectivity index (χ4v) is 1.66. The summed E-state index contributed by atoms with van der Waals surface area (Å²) < 4.78 is 2.66. The van der Waals surface area contributed by atoms with Crippen molar-refractivity contribution in [3.8, 4) is 17.3 Å². The quantitative estimate of drug-likeness (QED) is 0.792. The van der Waals surface area contributed by atoms with Crippen LogP contribution in [0.4, 0.5) is 0 Å². The maximum atomic E-state index is 8.94. The minimum Gasteiger partial charge on any atom is -0.274 e. The van der Waals surface area contributed by atoms with Crippen LogP contribution in [0.25, 0.3) is 11.3 Å². The number of benzene rings is 1. The summed E-state index contributed by atoms with van der Waals surface area (Å²) in [5.41, 5.74) is 2.28. The first-order valence-corrected chi connectivity index (χ1v) is 5.19. The number of aryl methyl sites for hydroxylation is 1. The summed E-state index contributed by atoms with van der Waals surface area (Å²) in [6.45, 7) is 0. The van der Waals surface area contributed by atoms with Crippen LogP contribution < -0.4 is 0 Å². The van der Waals surface area contributed by atoms with E-state index in [2.05, 4.69) is 27.1 Å². The lowest BCUT2D eigenvalue weighted by Crippen LogP contribution is -1.87. The molecule has 0 atom stereocenters. The molecule has 2 aromatic rings. The largest absolute Gasteiger partial charge is 0.274 e. The monoisotopic (exact) mass is 261 g/mol. The van der Waals surface area contributed by atoms with Gasteiger partial charge in [-0.05, 0) is 12.1 Å². The fraction of sp³-hybridized carbons (Fsp3) is 0.0909. The molecule has 0 N–H and O–H groups in total. The smallest absolute Gasteiger partial charge is 0.110 e. The molecule has 0 bridgehead atoms. The molecule has 1 heterocycles. The number of nitrogens with zero attached hydrogens (tertiary/aromatic N) is 3. The molecule has 0 unspecified atom stereocenters. The Morgan fingerprint density at radius 3 is 2.60 bits per heavy atom. The maximum absolute atomic E-state index is 8.94. The molecule has 0 saturated carbocycles. The molecule has 0 spiro atoms. The Balaban J connectivity index is 2.54. The number of aromatic nitrogens is 2. The van der Waals surface area contributed by atoms with Gasteiger partial charge in [-0.1, -0.05) is 28.1 Å². The zero-order chi connectivity index (χ0) is 10.8. The van der Waals surface area contributed by atoms with Crippen molar-refractivity contribution in [2.24, 2.45) is 7.05 Å². The predicted octanol–water partition coefficient (Wildman–Crippen LogP) is 2.72. The van der Waals surface area contributed by atoms with Gasteiger partial charge in [-0.2, -0.15) is 10.4 Å². The van der Waals surface area contributed by atoms with E-state index in [1.165, 1.54) is 0 Å². The van der Waals surface area contributed by atoms with E-state index in [-0.39, 0.29) is 0 Å². The van der Waals surface area contributed by atoms with Crippen molar-refractivity contribution in [1.82, 2.24) is 9.78 Å². The van der Waals surface area contributed by atoms with Crippen LogP contribution in [0.2, 0.25) is 0 Å². The van der Waals surface area contributed by atoms with Crippen LogP contribution in [0.3, 0.4) is 0 Å². The van der Waals surface area contributed by atoms with Crippen molar-refractivity contribution in [2.45, 2.75) is 0 Å². The van der Waals surface area contributed by atoms with Gasteiger partial charge in [0.15, 0.2) is 0 Å². The van der Waals surface area contributed by atoms with Crippen molar-refractivity contribution in [3.63, 3.8) is 0 Å². The summed E-state index contributed by atoms with van der Waals surface area (Å²) in [7, 11) is 1.81. The van der Waals surface area contributed by atoms with E-state index in [0.29, 0.717) is 5.56 Å². The SMILES string of the molecule is Cn1cc(C#N)c(-c2ccc(Br)cc2)n1. The lowest BCUT2D eigenvalue weighted by atomic mass is 10.1. The van der Waals surface area contributed by atoms with Crippen LogP contribution in [0, 0.1) is 11.3 Å². The van der Waals surface area contributed by atoms with Gasteiger partial charge in [-0.3, -0.25) is 4.68 Å². The number of hydrogen-bond donors (Lipinski definition) is 0. The van der Waals surface area contributed by atoms with E-state index >= 15 is 0 Å². The number of rotatable bonds is 1. The van der Waals surface area contributed by atoms with Gasteiger partial charge in [0.25, 0.3) is 0 Å². The molecule has 0 radical (unpaired) electrons. The minimum atomic E-state index is 0.597. The molecule has 0 fully saturated rings. The Labute approximate surface area is 96.1 Å². The highest BCUT2D eigenvalue weighted by Gasteiger charge is 2.08. The van der Waals surface area contributed by atoms with Gasteiger partial charge in [0.05, 0.1) is 5.56 Å². The van der Waals surface area contributed by atoms with Crippen LogP contribution in [0.1, 0.15) is 5.56 Å². The molecule has 1 aromatic carbocycles. The molecule has 15 heavy (non-hydrogen) atoms. The molecule has 0 aliphatic rings. The van der Waals surface area contributed by atoms with E-state index in [1.807, 2.05) is 31.3 Å². The van der Waals surface area contributed by atoms with Crippen LogP contribution in [0.15, 0.2) is 34.9 Å². The lowest BCUT2D eigenvalue weighted by Gasteiger charge is -1.97. The van der Waals surface area contributed by atoms with E-state index in [0.717, 1.165) is 15.7 Å². The molecule has 0 saturated heterocycles. The van der Waals surface area contributed by atoms with E-state index in [1.54, 1.807) is 10.9 Å². The zero-order valence-electron chi connectivity index (χ0n) is 8.11. The van der Waals surface area contributed by atoms with Crippen LogP contribution >= 0.6 is 15.9 Å². The zero-order valence-corrected chi connectivity index (χ0v) is 9.69. The first-order chi connectivity index (χ1) is 7.20. The standard InChI is InChI=1S/C11H8BrN3/c1-15-7-9(6-13)11(14-15)8-2-4-10(12)5-3-8/h2-5,7H,1H3. The summed E-state index contributed by atoms with van der Waals surface area (Å²) in [5, 5.41) is 13.2. The van der Waals surface area contributed by atoms with E-state index < -0.39 is 0 Å². The van der Waals surface area contributed by atoms with Crippen molar-refractivity contribution in [1.29, 1.82) is 5.26 Å². The van der Waals surface area contributed by atoms with Crippen LogP contribution in [-0.4, -0.2) is 9.78 Å². The summed E-state index contributed by atoms with van der Waals surface area (Å²) >= 11 is 3.37. The highest BCUT2D eigenvalue weighted by atomic mass is 79.9. The van der Waals surface area contributed by atoms with Gasteiger partial charge < -0.3 is 0 Å². The average Bonchev–Trinajstić information content (AvgIpc) is 2.61. The highest BCUT2D eigenvalue weighted by Crippen LogP contribution is 2.22. The van der Waals surface area contributed by atoms with Crippen LogP contribution in [0.5, 0.6) is 0 Å². The summed E-state index contributed by atoms with van der Waals surface area (Å²) in [4.78, 5) is 0. The van der Waals surface area contributed by atoms with Gasteiger partial charge in [-0.15, -0.1) is 0 Å². The maximum Gasteiger partial charge on any atom is 0.110 e. The molecule has 1 aromatic heterocycles. The van der Waals surface area contributed by atoms with Crippen molar-refractivity contribution >= 4 is 15.9 Å². The molecular weight excluding hydrogens is 254 g/mol. The second-order valence-corrected chi connectivity index (χ2v) is 4.10. The van der Waals surface area contributed by atoms with Gasteiger partial charge >= 0.3 is 0 Å². The topological polar surface area (TPSA) is 41.6 Å². The second kappa shape index (κ2) is 3.87. The van der Waals surface area contributed by atoms with Crippen LogP contribution in [-0.2, 0) is 7.05 Å². The molecule has 0 amide bonds. The first kappa shape index (κ1) is 9.94. The predicted molar refractivity (Wildman–Crippen MR) is 61.1 cm³/mol. The number of halogens is 1.